The molecule has 1 saturated heterocycles. The normalized spacial score (nSPS) is 21.3. The standard InChI is InChI=1S/C23H21ClN2O3/c24-22-16(2-1-3-17(22)18-7-9-20(27)25-23(18)29)14-6-8-19-15(10-14)11-21(28)26(19)12-13-4-5-13/h1-3,6,8,10,13,18H,4-5,7,9,11-12H2,(H,25,27,29). The number of nitrogens with one attached hydrogen (secondary N) is 1. The summed E-state index contributed by atoms with van der Waals surface area (Å²) in [5.41, 5.74) is 4.54. The van der Waals surface area contributed by atoms with Crippen LogP contribution >= 0.6 is 11.6 Å². The Morgan fingerprint density at radius 2 is 1.90 bits per heavy atom. The van der Waals surface area contributed by atoms with Crippen LogP contribution in [-0.4, -0.2) is 24.3 Å². The summed E-state index contributed by atoms with van der Waals surface area (Å²) in [4.78, 5) is 38.1. The first kappa shape index (κ1) is 18.4. The van der Waals surface area contributed by atoms with Gasteiger partial charge in [-0.15, -0.1) is 0 Å². The number of anilines is 1. The quantitative estimate of drug-likeness (QED) is 0.782. The van der Waals surface area contributed by atoms with E-state index in [-0.39, 0.29) is 17.7 Å². The average molecular weight is 409 g/mol. The van der Waals surface area contributed by atoms with Gasteiger partial charge in [0.05, 0.1) is 17.4 Å². The number of rotatable bonds is 4. The molecule has 5 rings (SSSR count). The number of piperidine rings is 1. The molecular weight excluding hydrogens is 388 g/mol. The maximum absolute atomic E-state index is 12.5. The molecule has 0 radical (unpaired) electrons. The predicted octanol–water partition coefficient (Wildman–Crippen LogP) is 3.83. The first-order chi connectivity index (χ1) is 14.0. The maximum atomic E-state index is 12.5. The third-order valence-electron chi connectivity index (χ3n) is 6.10. The molecule has 2 aromatic carbocycles. The fourth-order valence-electron chi connectivity index (χ4n) is 4.34. The lowest BCUT2D eigenvalue weighted by molar-refractivity contribution is -0.134. The van der Waals surface area contributed by atoms with Crippen LogP contribution in [-0.2, 0) is 20.8 Å². The van der Waals surface area contributed by atoms with Crippen molar-refractivity contribution in [3.8, 4) is 11.1 Å². The molecule has 0 bridgehead atoms. The molecule has 3 aliphatic rings. The Hall–Kier alpha value is -2.66. The molecule has 3 amide bonds. The van der Waals surface area contributed by atoms with Gasteiger partial charge in [-0.1, -0.05) is 35.9 Å². The van der Waals surface area contributed by atoms with Gasteiger partial charge in [0.1, 0.15) is 0 Å². The van der Waals surface area contributed by atoms with Crippen molar-refractivity contribution in [3.05, 3.63) is 52.5 Å². The fourth-order valence-corrected chi connectivity index (χ4v) is 4.71. The maximum Gasteiger partial charge on any atom is 0.234 e. The number of carbonyl (C=O) groups excluding carboxylic acids is 3. The van der Waals surface area contributed by atoms with Crippen molar-refractivity contribution in [2.75, 3.05) is 11.4 Å². The van der Waals surface area contributed by atoms with E-state index < -0.39 is 5.92 Å². The van der Waals surface area contributed by atoms with E-state index >= 15 is 0 Å². The number of hydrogen-bond acceptors (Lipinski definition) is 3. The van der Waals surface area contributed by atoms with Gasteiger partial charge in [-0.05, 0) is 54.0 Å². The second-order valence-electron chi connectivity index (χ2n) is 8.18. The second kappa shape index (κ2) is 6.99. The predicted molar refractivity (Wildman–Crippen MR) is 111 cm³/mol. The minimum Gasteiger partial charge on any atom is -0.312 e. The minimum atomic E-state index is -0.426. The minimum absolute atomic E-state index is 0.160. The van der Waals surface area contributed by atoms with Crippen molar-refractivity contribution in [1.29, 1.82) is 0 Å². The molecule has 2 heterocycles. The Morgan fingerprint density at radius 3 is 2.66 bits per heavy atom. The zero-order valence-electron chi connectivity index (χ0n) is 15.9. The Morgan fingerprint density at radius 1 is 1.07 bits per heavy atom. The molecule has 5 nitrogen and oxygen atoms in total. The molecule has 2 aliphatic heterocycles. The Labute approximate surface area is 174 Å². The molecule has 1 aliphatic carbocycles. The van der Waals surface area contributed by atoms with Gasteiger partial charge in [0.15, 0.2) is 0 Å². The first-order valence-corrected chi connectivity index (χ1v) is 10.4. The number of fused-ring (bicyclic) bond motifs is 1. The molecule has 1 unspecified atom stereocenters. The molecule has 1 saturated carbocycles. The highest BCUT2D eigenvalue weighted by Gasteiger charge is 2.33. The third kappa shape index (κ3) is 3.33. The van der Waals surface area contributed by atoms with Crippen LogP contribution in [0, 0.1) is 5.92 Å². The summed E-state index contributed by atoms with van der Waals surface area (Å²) in [6, 6.07) is 11.7. The van der Waals surface area contributed by atoms with E-state index in [2.05, 4.69) is 5.32 Å². The lowest BCUT2D eigenvalue weighted by atomic mass is 9.88. The van der Waals surface area contributed by atoms with Crippen LogP contribution in [0.25, 0.3) is 11.1 Å². The molecule has 1 atom stereocenters. The van der Waals surface area contributed by atoms with Gasteiger partial charge >= 0.3 is 0 Å². The molecule has 2 fully saturated rings. The first-order valence-electron chi connectivity index (χ1n) is 10.1. The topological polar surface area (TPSA) is 66.5 Å². The fraction of sp³-hybridized carbons (Fsp3) is 0.348. The summed E-state index contributed by atoms with van der Waals surface area (Å²) in [5, 5.41) is 2.93. The van der Waals surface area contributed by atoms with Crippen LogP contribution in [0.4, 0.5) is 5.69 Å². The van der Waals surface area contributed by atoms with Crippen molar-refractivity contribution in [2.24, 2.45) is 5.92 Å². The number of carbonyl (C=O) groups is 3. The zero-order valence-corrected chi connectivity index (χ0v) is 16.7. The van der Waals surface area contributed by atoms with Crippen LogP contribution in [0.15, 0.2) is 36.4 Å². The van der Waals surface area contributed by atoms with Crippen molar-refractivity contribution in [1.82, 2.24) is 5.32 Å². The van der Waals surface area contributed by atoms with Gasteiger partial charge in [-0.3, -0.25) is 19.7 Å². The molecule has 148 valence electrons. The summed E-state index contributed by atoms with van der Waals surface area (Å²) < 4.78 is 0. The number of benzene rings is 2. The summed E-state index contributed by atoms with van der Waals surface area (Å²) in [6.45, 7) is 0.816. The summed E-state index contributed by atoms with van der Waals surface area (Å²) in [7, 11) is 0. The SMILES string of the molecule is O=C1CCC(c2cccc(-c3ccc4c(c3)CC(=O)N4CC3CC3)c2Cl)C(=O)N1. The van der Waals surface area contributed by atoms with E-state index in [1.807, 2.05) is 41.3 Å². The van der Waals surface area contributed by atoms with Crippen molar-refractivity contribution in [2.45, 2.75) is 38.0 Å². The Bertz CT molecular complexity index is 1040. The van der Waals surface area contributed by atoms with Crippen molar-refractivity contribution < 1.29 is 14.4 Å². The zero-order chi connectivity index (χ0) is 20.1. The summed E-state index contributed by atoms with van der Waals surface area (Å²) in [6.07, 6.45) is 3.61. The summed E-state index contributed by atoms with van der Waals surface area (Å²) in [5.74, 6) is -0.157. The van der Waals surface area contributed by atoms with Gasteiger partial charge in [0, 0.05) is 24.2 Å². The van der Waals surface area contributed by atoms with Crippen LogP contribution in [0.1, 0.15) is 42.7 Å². The molecular formula is C23H21ClN2O3. The highest BCUT2D eigenvalue weighted by atomic mass is 35.5. The summed E-state index contributed by atoms with van der Waals surface area (Å²) >= 11 is 6.72. The molecule has 2 aromatic rings. The van der Waals surface area contributed by atoms with E-state index in [1.165, 1.54) is 12.8 Å². The van der Waals surface area contributed by atoms with Gasteiger partial charge in [0.25, 0.3) is 0 Å². The van der Waals surface area contributed by atoms with Crippen molar-refractivity contribution >= 4 is 35.0 Å². The number of nitrogens with zero attached hydrogens (tertiary/aromatic N) is 1. The molecule has 29 heavy (non-hydrogen) atoms. The molecule has 6 heteroatoms. The highest BCUT2D eigenvalue weighted by molar-refractivity contribution is 6.34. The van der Waals surface area contributed by atoms with Crippen LogP contribution in [0.5, 0.6) is 0 Å². The van der Waals surface area contributed by atoms with Crippen molar-refractivity contribution in [3.63, 3.8) is 0 Å². The molecule has 0 aromatic heterocycles. The third-order valence-corrected chi connectivity index (χ3v) is 6.53. The smallest absolute Gasteiger partial charge is 0.234 e. The van der Waals surface area contributed by atoms with Gasteiger partial charge in [-0.2, -0.15) is 0 Å². The number of amides is 3. The van der Waals surface area contributed by atoms with Gasteiger partial charge in [0.2, 0.25) is 17.7 Å². The van der Waals surface area contributed by atoms with Crippen LogP contribution < -0.4 is 10.2 Å². The van der Waals surface area contributed by atoms with Gasteiger partial charge in [-0.25, -0.2) is 0 Å². The lowest BCUT2D eigenvalue weighted by Gasteiger charge is -2.23. The van der Waals surface area contributed by atoms with Gasteiger partial charge < -0.3 is 4.90 Å². The highest BCUT2D eigenvalue weighted by Crippen LogP contribution is 2.41. The molecule has 1 N–H and O–H groups in total. The second-order valence-corrected chi connectivity index (χ2v) is 8.56. The Balaban J connectivity index is 1.48. The largest absolute Gasteiger partial charge is 0.312 e. The van der Waals surface area contributed by atoms with E-state index in [9.17, 15) is 14.4 Å². The number of hydrogen-bond donors (Lipinski definition) is 1. The van der Waals surface area contributed by atoms with E-state index in [0.717, 1.165) is 34.5 Å². The number of imide groups is 1. The van der Waals surface area contributed by atoms with Crippen LogP contribution in [0.3, 0.4) is 0 Å². The monoisotopic (exact) mass is 408 g/mol. The number of halogens is 1. The lowest BCUT2D eigenvalue weighted by Crippen LogP contribution is -2.39. The average Bonchev–Trinajstić information content (AvgIpc) is 3.46. The van der Waals surface area contributed by atoms with E-state index in [1.54, 1.807) is 0 Å². The van der Waals surface area contributed by atoms with E-state index in [4.69, 9.17) is 11.6 Å². The van der Waals surface area contributed by atoms with Crippen LogP contribution in [0.2, 0.25) is 5.02 Å². The Kier molecular flexibility index (Phi) is 4.43. The molecule has 0 spiro atoms. The van der Waals surface area contributed by atoms with E-state index in [0.29, 0.717) is 30.2 Å².